The maximum atomic E-state index is 11.8. The predicted molar refractivity (Wildman–Crippen MR) is 80.3 cm³/mol. The lowest BCUT2D eigenvalue weighted by Gasteiger charge is -2.11. The average Bonchev–Trinajstić information content (AvgIpc) is 2.26. The lowest BCUT2D eigenvalue weighted by atomic mass is 10.1. The van der Waals surface area contributed by atoms with E-state index in [-0.39, 0.29) is 12.2 Å². The first-order valence-corrected chi connectivity index (χ1v) is 7.10. The van der Waals surface area contributed by atoms with Crippen molar-refractivity contribution in [3.05, 3.63) is 32.9 Å². The number of ether oxygens (including phenoxy) is 2. The Labute approximate surface area is 126 Å². The number of halogens is 1. The first-order valence-electron chi connectivity index (χ1n) is 6.02. The molecule has 0 fully saturated rings. The van der Waals surface area contributed by atoms with Gasteiger partial charge in [-0.3, -0.25) is 0 Å². The molecular weight excluding hydrogens is 359 g/mol. The minimum Gasteiger partial charge on any atom is -0.459 e. The summed E-state index contributed by atoms with van der Waals surface area (Å²) in [7, 11) is 0. The van der Waals surface area contributed by atoms with Crippen LogP contribution in [0.2, 0.25) is 0 Å². The highest BCUT2D eigenvalue weighted by atomic mass is 127. The van der Waals surface area contributed by atoms with Crippen molar-refractivity contribution < 1.29 is 19.1 Å². The van der Waals surface area contributed by atoms with Crippen molar-refractivity contribution in [1.29, 1.82) is 0 Å². The number of esters is 2. The van der Waals surface area contributed by atoms with E-state index in [9.17, 15) is 9.59 Å². The summed E-state index contributed by atoms with van der Waals surface area (Å²) in [6.07, 6.45) is -0.395. The van der Waals surface area contributed by atoms with Crippen molar-refractivity contribution in [2.24, 2.45) is 0 Å². The standard InChI is InChI=1S/C14H17IO4/c1-8(2)18-13(16)10-5-11(7-12(15)6-10)14(17)19-9(3)4/h5-9H,1-4H3. The predicted octanol–water partition coefficient (Wildman–Crippen LogP) is 3.42. The van der Waals surface area contributed by atoms with E-state index in [1.165, 1.54) is 6.07 Å². The van der Waals surface area contributed by atoms with Gasteiger partial charge in [-0.2, -0.15) is 0 Å². The van der Waals surface area contributed by atoms with Crippen molar-refractivity contribution >= 4 is 34.5 Å². The van der Waals surface area contributed by atoms with Crippen LogP contribution in [0.1, 0.15) is 48.4 Å². The maximum absolute atomic E-state index is 11.8. The van der Waals surface area contributed by atoms with Gasteiger partial charge in [-0.25, -0.2) is 9.59 Å². The van der Waals surface area contributed by atoms with Crippen LogP contribution >= 0.6 is 22.6 Å². The SMILES string of the molecule is CC(C)OC(=O)c1cc(I)cc(C(=O)OC(C)C)c1. The normalized spacial score (nSPS) is 10.7. The van der Waals surface area contributed by atoms with E-state index in [1.807, 2.05) is 22.6 Å². The van der Waals surface area contributed by atoms with Crippen LogP contribution in [0.4, 0.5) is 0 Å². The summed E-state index contributed by atoms with van der Waals surface area (Å²) in [6, 6.07) is 4.85. The molecule has 0 saturated heterocycles. The molecule has 0 spiro atoms. The molecule has 0 amide bonds. The van der Waals surface area contributed by atoms with Crippen LogP contribution in [0, 0.1) is 3.57 Å². The Hall–Kier alpha value is -1.11. The van der Waals surface area contributed by atoms with Crippen LogP contribution in [0.25, 0.3) is 0 Å². The number of hydrogen-bond donors (Lipinski definition) is 0. The van der Waals surface area contributed by atoms with Crippen LogP contribution < -0.4 is 0 Å². The molecule has 0 radical (unpaired) electrons. The topological polar surface area (TPSA) is 52.6 Å². The Morgan fingerprint density at radius 1 is 0.895 bits per heavy atom. The molecule has 4 nitrogen and oxygen atoms in total. The van der Waals surface area contributed by atoms with E-state index >= 15 is 0 Å². The molecular formula is C14H17IO4. The van der Waals surface area contributed by atoms with Gasteiger partial charge in [0, 0.05) is 3.57 Å². The molecule has 1 rings (SSSR count). The van der Waals surface area contributed by atoms with Crippen molar-refractivity contribution in [1.82, 2.24) is 0 Å². The summed E-state index contributed by atoms with van der Waals surface area (Å²) in [6.45, 7) is 7.11. The molecule has 0 heterocycles. The van der Waals surface area contributed by atoms with Crippen molar-refractivity contribution in [3.63, 3.8) is 0 Å². The quantitative estimate of drug-likeness (QED) is 0.597. The fourth-order valence-corrected chi connectivity index (χ4v) is 2.06. The summed E-state index contributed by atoms with van der Waals surface area (Å²) in [5.74, 6) is -0.876. The summed E-state index contributed by atoms with van der Waals surface area (Å²) in [4.78, 5) is 23.7. The zero-order valence-electron chi connectivity index (χ0n) is 11.4. The van der Waals surface area contributed by atoms with Gasteiger partial charge in [0.25, 0.3) is 0 Å². The van der Waals surface area contributed by atoms with Crippen LogP contribution in [-0.2, 0) is 9.47 Å². The molecule has 1 aromatic carbocycles. The summed E-state index contributed by atoms with van der Waals surface area (Å²) < 4.78 is 11.0. The van der Waals surface area contributed by atoms with Crippen molar-refractivity contribution in [3.8, 4) is 0 Å². The smallest absolute Gasteiger partial charge is 0.338 e. The minimum absolute atomic E-state index is 0.198. The van der Waals surface area contributed by atoms with Crippen LogP contribution in [0.3, 0.4) is 0 Å². The van der Waals surface area contributed by atoms with E-state index < -0.39 is 11.9 Å². The molecule has 0 atom stereocenters. The lowest BCUT2D eigenvalue weighted by molar-refractivity contribution is 0.0377. The second-order valence-corrected chi connectivity index (χ2v) is 5.88. The Bertz CT molecular complexity index is 440. The molecule has 0 aliphatic rings. The molecule has 0 bridgehead atoms. The van der Waals surface area contributed by atoms with Gasteiger partial charge in [-0.15, -0.1) is 0 Å². The fraction of sp³-hybridized carbons (Fsp3) is 0.429. The number of carbonyl (C=O) groups excluding carboxylic acids is 2. The largest absolute Gasteiger partial charge is 0.459 e. The highest BCUT2D eigenvalue weighted by molar-refractivity contribution is 14.1. The Morgan fingerprint density at radius 2 is 1.26 bits per heavy atom. The molecule has 5 heteroatoms. The van der Waals surface area contributed by atoms with Crippen molar-refractivity contribution in [2.45, 2.75) is 39.9 Å². The molecule has 19 heavy (non-hydrogen) atoms. The molecule has 0 aromatic heterocycles. The van der Waals surface area contributed by atoms with Crippen LogP contribution in [-0.4, -0.2) is 24.1 Å². The second-order valence-electron chi connectivity index (χ2n) is 4.64. The number of rotatable bonds is 4. The fourth-order valence-electron chi connectivity index (χ4n) is 1.39. The monoisotopic (exact) mass is 376 g/mol. The van der Waals surface area contributed by atoms with Gasteiger partial charge < -0.3 is 9.47 Å². The number of hydrogen-bond acceptors (Lipinski definition) is 4. The van der Waals surface area contributed by atoms with Gasteiger partial charge in [0.2, 0.25) is 0 Å². The second kappa shape index (κ2) is 6.88. The van der Waals surface area contributed by atoms with Gasteiger partial charge in [-0.05, 0) is 68.5 Å². The number of benzene rings is 1. The minimum atomic E-state index is -0.438. The summed E-state index contributed by atoms with van der Waals surface area (Å²) in [5.41, 5.74) is 0.715. The maximum Gasteiger partial charge on any atom is 0.338 e. The Kier molecular flexibility index (Phi) is 5.78. The van der Waals surface area contributed by atoms with Crippen molar-refractivity contribution in [2.75, 3.05) is 0 Å². The lowest BCUT2D eigenvalue weighted by Crippen LogP contribution is -2.15. The third-order valence-corrected chi connectivity index (χ3v) is 2.68. The van der Waals surface area contributed by atoms with Crippen LogP contribution in [0.15, 0.2) is 18.2 Å². The molecule has 0 unspecified atom stereocenters. The molecule has 104 valence electrons. The van der Waals surface area contributed by atoms with E-state index in [1.54, 1.807) is 39.8 Å². The third-order valence-electron chi connectivity index (χ3n) is 2.05. The number of carbonyl (C=O) groups is 2. The highest BCUT2D eigenvalue weighted by Crippen LogP contribution is 2.16. The van der Waals surface area contributed by atoms with E-state index in [0.29, 0.717) is 11.1 Å². The third kappa shape index (κ3) is 5.18. The molecule has 0 N–H and O–H groups in total. The first-order chi connectivity index (χ1) is 8.79. The summed E-state index contributed by atoms with van der Waals surface area (Å²) >= 11 is 2.05. The zero-order chi connectivity index (χ0) is 14.6. The first kappa shape index (κ1) is 15.9. The molecule has 0 aliphatic heterocycles. The zero-order valence-corrected chi connectivity index (χ0v) is 13.6. The van der Waals surface area contributed by atoms with Gasteiger partial charge in [0.1, 0.15) is 0 Å². The van der Waals surface area contributed by atoms with Gasteiger partial charge in [-0.1, -0.05) is 0 Å². The van der Waals surface area contributed by atoms with Gasteiger partial charge >= 0.3 is 11.9 Å². The van der Waals surface area contributed by atoms with Gasteiger partial charge in [0.05, 0.1) is 23.3 Å². The van der Waals surface area contributed by atoms with Crippen LogP contribution in [0.5, 0.6) is 0 Å². The van der Waals surface area contributed by atoms with E-state index in [0.717, 1.165) is 3.57 Å². The molecule has 0 aliphatic carbocycles. The molecule has 0 saturated carbocycles. The Morgan fingerprint density at radius 3 is 1.58 bits per heavy atom. The van der Waals surface area contributed by atoms with Gasteiger partial charge in [0.15, 0.2) is 0 Å². The average molecular weight is 376 g/mol. The highest BCUT2D eigenvalue weighted by Gasteiger charge is 2.16. The molecule has 1 aromatic rings. The van der Waals surface area contributed by atoms with E-state index in [2.05, 4.69) is 0 Å². The Balaban J connectivity index is 3.00. The summed E-state index contributed by atoms with van der Waals surface area (Å²) in [5, 5.41) is 0. The van der Waals surface area contributed by atoms with E-state index in [4.69, 9.17) is 9.47 Å².